The van der Waals surface area contributed by atoms with Crippen molar-refractivity contribution in [3.63, 3.8) is 0 Å². The van der Waals surface area contributed by atoms with Gasteiger partial charge in [-0.15, -0.1) is 0 Å². The van der Waals surface area contributed by atoms with Gasteiger partial charge in [0.25, 0.3) is 0 Å². The average molecular weight is 383 g/mol. The Hall–Kier alpha value is -2.99. The number of H-pyrrole nitrogens is 1. The minimum atomic E-state index is 0.360. The Morgan fingerprint density at radius 1 is 1.00 bits per heavy atom. The van der Waals surface area contributed by atoms with Crippen LogP contribution in [0.1, 0.15) is 25.1 Å². The van der Waals surface area contributed by atoms with Gasteiger partial charge in [0.1, 0.15) is 0 Å². The van der Waals surface area contributed by atoms with Crippen LogP contribution in [-0.2, 0) is 17.8 Å². The Morgan fingerprint density at radius 3 is 2.25 bits per heavy atom. The zero-order chi connectivity index (χ0) is 20.2. The lowest BCUT2D eigenvalue weighted by Crippen LogP contribution is -2.22. The number of benzene rings is 2. The fraction of sp³-hybridized carbons (Fsp3) is 0.318. The van der Waals surface area contributed by atoms with Crippen molar-refractivity contribution in [1.29, 1.82) is 0 Å². The van der Waals surface area contributed by atoms with Gasteiger partial charge in [0.05, 0.1) is 0 Å². The summed E-state index contributed by atoms with van der Waals surface area (Å²) >= 11 is 0. The minimum absolute atomic E-state index is 0.360. The van der Waals surface area contributed by atoms with Crippen molar-refractivity contribution in [2.45, 2.75) is 26.8 Å². The van der Waals surface area contributed by atoms with Crippen LogP contribution >= 0.6 is 0 Å². The number of aromatic nitrogens is 1. The third-order valence-corrected chi connectivity index (χ3v) is 4.15. The van der Waals surface area contributed by atoms with Gasteiger partial charge < -0.3 is 25.1 Å². The van der Waals surface area contributed by atoms with Crippen LogP contribution in [0.4, 0.5) is 0 Å². The van der Waals surface area contributed by atoms with E-state index in [1.54, 1.807) is 7.05 Å². The van der Waals surface area contributed by atoms with Crippen LogP contribution < -0.4 is 20.1 Å². The van der Waals surface area contributed by atoms with Gasteiger partial charge in [-0.05, 0) is 36.7 Å². The summed E-state index contributed by atoms with van der Waals surface area (Å²) in [7, 11) is 1.56. The Kier molecular flexibility index (Phi) is 8.88. The molecule has 28 heavy (non-hydrogen) atoms. The standard InChI is InChI=1S/C11H12N2.C7H6O2.C2H5NO.C2H6/c1-2-4-10-8(3-1)9-5-6-12-7-11(9)13-10;1-2-4-7-6(3-1)8-5-9-7;1-3-2-4;1-2/h1-4,12-13H,5-7H2;1-4H,5H2;2H,1H3,(H,3,4);1-2H3. The van der Waals surface area contributed by atoms with E-state index in [1.807, 2.05) is 38.1 Å². The SMILES string of the molecule is CC.CNC=O.c1ccc2c(c1)OCO2.c1ccc2c3c([nH]c2c1)CNCC3. The third-order valence-electron chi connectivity index (χ3n) is 4.15. The van der Waals surface area contributed by atoms with E-state index in [0.29, 0.717) is 13.2 Å². The summed E-state index contributed by atoms with van der Waals surface area (Å²) in [6.07, 6.45) is 1.78. The van der Waals surface area contributed by atoms with Gasteiger partial charge in [0, 0.05) is 30.2 Å². The lowest BCUT2D eigenvalue weighted by molar-refractivity contribution is -0.109. The third kappa shape index (κ3) is 5.50. The van der Waals surface area contributed by atoms with Crippen molar-refractivity contribution < 1.29 is 14.3 Å². The van der Waals surface area contributed by atoms with E-state index < -0.39 is 0 Å². The number of aromatic amines is 1. The first-order chi connectivity index (χ1) is 13.8. The van der Waals surface area contributed by atoms with Gasteiger partial charge in [-0.3, -0.25) is 4.79 Å². The molecule has 3 heterocycles. The molecule has 6 heteroatoms. The van der Waals surface area contributed by atoms with Gasteiger partial charge in [0.2, 0.25) is 13.2 Å². The molecule has 0 spiro atoms. The molecule has 5 rings (SSSR count). The largest absolute Gasteiger partial charge is 0.454 e. The molecule has 1 aromatic heterocycles. The zero-order valence-electron chi connectivity index (χ0n) is 16.7. The second kappa shape index (κ2) is 11.7. The topological polar surface area (TPSA) is 75.4 Å². The summed E-state index contributed by atoms with van der Waals surface area (Å²) in [4.78, 5) is 12.5. The molecule has 0 fully saturated rings. The van der Waals surface area contributed by atoms with E-state index in [4.69, 9.17) is 14.3 Å². The van der Waals surface area contributed by atoms with E-state index in [-0.39, 0.29) is 0 Å². The molecule has 0 saturated heterocycles. The van der Waals surface area contributed by atoms with Gasteiger partial charge in [-0.1, -0.05) is 44.2 Å². The number of carbonyl (C=O) groups is 1. The summed E-state index contributed by atoms with van der Waals surface area (Å²) < 4.78 is 10.2. The van der Waals surface area contributed by atoms with Gasteiger partial charge >= 0.3 is 0 Å². The normalized spacial score (nSPS) is 12.8. The molecule has 2 aliphatic rings. The van der Waals surface area contributed by atoms with Crippen LogP contribution in [0.2, 0.25) is 0 Å². The minimum Gasteiger partial charge on any atom is -0.454 e. The number of ether oxygens (including phenoxy) is 2. The van der Waals surface area contributed by atoms with Gasteiger partial charge in [0.15, 0.2) is 11.5 Å². The summed E-state index contributed by atoms with van der Waals surface area (Å²) in [5.74, 6) is 1.69. The molecule has 0 aliphatic carbocycles. The van der Waals surface area contributed by atoms with Gasteiger partial charge in [-0.25, -0.2) is 0 Å². The van der Waals surface area contributed by atoms with E-state index >= 15 is 0 Å². The molecule has 3 N–H and O–H groups in total. The number of hydrogen-bond donors (Lipinski definition) is 3. The highest BCUT2D eigenvalue weighted by molar-refractivity contribution is 5.84. The zero-order valence-corrected chi connectivity index (χ0v) is 16.7. The van der Waals surface area contributed by atoms with Crippen molar-refractivity contribution in [3.8, 4) is 11.5 Å². The Bertz CT molecular complexity index is 838. The van der Waals surface area contributed by atoms with Crippen molar-refractivity contribution >= 4 is 17.3 Å². The van der Waals surface area contributed by atoms with E-state index in [1.165, 1.54) is 22.2 Å². The fourth-order valence-corrected chi connectivity index (χ4v) is 2.96. The monoisotopic (exact) mass is 383 g/mol. The maximum Gasteiger partial charge on any atom is 0.231 e. The quantitative estimate of drug-likeness (QED) is 0.561. The molecule has 6 nitrogen and oxygen atoms in total. The molecular weight excluding hydrogens is 354 g/mol. The first kappa shape index (κ1) is 21.3. The number of fused-ring (bicyclic) bond motifs is 4. The lowest BCUT2D eigenvalue weighted by Gasteiger charge is -2.12. The van der Waals surface area contributed by atoms with Crippen molar-refractivity contribution in [2.75, 3.05) is 20.4 Å². The molecule has 0 bridgehead atoms. The molecule has 0 atom stereocenters. The van der Waals surface area contributed by atoms with Crippen LogP contribution in [-0.4, -0.2) is 31.8 Å². The van der Waals surface area contributed by atoms with Crippen LogP contribution in [0.15, 0.2) is 48.5 Å². The Morgan fingerprint density at radius 2 is 1.61 bits per heavy atom. The highest BCUT2D eigenvalue weighted by Crippen LogP contribution is 2.30. The fourth-order valence-electron chi connectivity index (χ4n) is 2.96. The number of amides is 1. The number of para-hydroxylation sites is 3. The Labute approximate surface area is 166 Å². The van der Waals surface area contributed by atoms with Crippen molar-refractivity contribution in [3.05, 3.63) is 59.8 Å². The molecule has 2 aromatic carbocycles. The summed E-state index contributed by atoms with van der Waals surface area (Å²) in [5, 5.41) is 7.02. The predicted octanol–water partition coefficient (Wildman–Crippen LogP) is 3.62. The van der Waals surface area contributed by atoms with Crippen LogP contribution in [0.5, 0.6) is 11.5 Å². The highest BCUT2D eigenvalue weighted by Gasteiger charge is 2.13. The second-order valence-electron chi connectivity index (χ2n) is 5.81. The lowest BCUT2D eigenvalue weighted by atomic mass is 10.1. The predicted molar refractivity (Wildman–Crippen MR) is 113 cm³/mol. The molecule has 3 aromatic rings. The first-order valence-corrected chi connectivity index (χ1v) is 9.58. The van der Waals surface area contributed by atoms with Crippen molar-refractivity contribution in [1.82, 2.24) is 15.6 Å². The molecule has 0 saturated carbocycles. The maximum atomic E-state index is 9.06. The molecule has 0 unspecified atom stereocenters. The first-order valence-electron chi connectivity index (χ1n) is 9.58. The molecule has 2 aliphatic heterocycles. The Balaban J connectivity index is 0.000000163. The van der Waals surface area contributed by atoms with E-state index in [0.717, 1.165) is 31.0 Å². The average Bonchev–Trinajstić information content (AvgIpc) is 3.40. The number of hydrogen-bond acceptors (Lipinski definition) is 4. The maximum absolute atomic E-state index is 9.06. The second-order valence-corrected chi connectivity index (χ2v) is 5.81. The highest BCUT2D eigenvalue weighted by atomic mass is 16.7. The number of rotatable bonds is 1. The summed E-state index contributed by atoms with van der Waals surface area (Å²) in [6, 6.07) is 16.2. The molecule has 1 amide bonds. The molecule has 150 valence electrons. The molecule has 0 radical (unpaired) electrons. The molecular formula is C22H29N3O3. The summed E-state index contributed by atoms with van der Waals surface area (Å²) in [6.45, 7) is 6.46. The van der Waals surface area contributed by atoms with Crippen LogP contribution in [0, 0.1) is 0 Å². The van der Waals surface area contributed by atoms with Crippen molar-refractivity contribution in [2.24, 2.45) is 0 Å². The number of nitrogens with one attached hydrogen (secondary N) is 3. The van der Waals surface area contributed by atoms with E-state index in [9.17, 15) is 0 Å². The van der Waals surface area contributed by atoms with Gasteiger partial charge in [-0.2, -0.15) is 0 Å². The smallest absolute Gasteiger partial charge is 0.231 e. The van der Waals surface area contributed by atoms with Crippen LogP contribution in [0.3, 0.4) is 0 Å². The van der Waals surface area contributed by atoms with E-state index in [2.05, 4.69) is 39.9 Å². The summed E-state index contributed by atoms with van der Waals surface area (Å²) in [5.41, 5.74) is 4.15. The number of carbonyl (C=O) groups excluding carboxylic acids is 1. The van der Waals surface area contributed by atoms with Crippen LogP contribution in [0.25, 0.3) is 10.9 Å².